The molecule has 1 aromatic rings. The molecule has 1 aliphatic rings. The molecule has 0 amide bonds. The maximum absolute atomic E-state index is 13.6. The van der Waals surface area contributed by atoms with Gasteiger partial charge < -0.3 is 10.8 Å². The molecule has 1 fully saturated rings. The Hall–Kier alpha value is -1.22. The Labute approximate surface area is 105 Å². The van der Waals surface area contributed by atoms with Crippen LogP contribution in [0.4, 0.5) is 14.7 Å². The SMILES string of the molecule is Nc1ncn(C[C@@H]2S[C@H](CO)CC2(F)F)c(=O)n1. The van der Waals surface area contributed by atoms with Gasteiger partial charge in [0.25, 0.3) is 5.92 Å². The first-order chi connectivity index (χ1) is 8.42. The molecular weight excluding hydrogens is 266 g/mol. The summed E-state index contributed by atoms with van der Waals surface area (Å²) in [5, 5.41) is 7.34. The number of hydrogen-bond donors (Lipinski definition) is 2. The third kappa shape index (κ3) is 2.61. The van der Waals surface area contributed by atoms with Gasteiger partial charge in [0.2, 0.25) is 5.95 Å². The Morgan fingerprint density at radius 2 is 2.39 bits per heavy atom. The van der Waals surface area contributed by atoms with Gasteiger partial charge in [0.05, 0.1) is 11.9 Å². The molecule has 1 aromatic heterocycles. The summed E-state index contributed by atoms with van der Waals surface area (Å²) in [6, 6.07) is 0. The maximum atomic E-state index is 13.6. The van der Waals surface area contributed by atoms with Crippen molar-refractivity contribution in [2.24, 2.45) is 0 Å². The van der Waals surface area contributed by atoms with Crippen molar-refractivity contribution in [3.05, 3.63) is 16.8 Å². The van der Waals surface area contributed by atoms with Crippen molar-refractivity contribution in [1.29, 1.82) is 0 Å². The van der Waals surface area contributed by atoms with E-state index in [0.29, 0.717) is 0 Å². The molecule has 2 rings (SSSR count). The van der Waals surface area contributed by atoms with Crippen LogP contribution >= 0.6 is 11.8 Å². The predicted octanol–water partition coefficient (Wildman–Crippen LogP) is -0.278. The van der Waals surface area contributed by atoms with Crippen molar-refractivity contribution in [1.82, 2.24) is 14.5 Å². The Morgan fingerprint density at radius 1 is 1.67 bits per heavy atom. The quantitative estimate of drug-likeness (QED) is 0.790. The minimum atomic E-state index is -2.92. The number of thioether (sulfide) groups is 1. The monoisotopic (exact) mass is 278 g/mol. The van der Waals surface area contributed by atoms with Crippen LogP contribution in [0.15, 0.2) is 11.1 Å². The van der Waals surface area contributed by atoms with Crippen molar-refractivity contribution in [2.75, 3.05) is 12.3 Å². The van der Waals surface area contributed by atoms with Crippen LogP contribution in [0, 0.1) is 0 Å². The number of aliphatic hydroxyl groups excluding tert-OH is 1. The molecule has 0 aromatic carbocycles. The highest BCUT2D eigenvalue weighted by molar-refractivity contribution is 8.00. The molecule has 1 saturated heterocycles. The molecule has 6 nitrogen and oxygen atoms in total. The Kier molecular flexibility index (Phi) is 3.53. The minimum absolute atomic E-state index is 0.185. The molecule has 0 saturated carbocycles. The second-order valence-electron chi connectivity index (χ2n) is 4.04. The molecule has 2 heterocycles. The fraction of sp³-hybridized carbons (Fsp3) is 0.667. The topological polar surface area (TPSA) is 94.0 Å². The maximum Gasteiger partial charge on any atom is 0.352 e. The molecule has 1 aliphatic heterocycles. The number of nitrogens with zero attached hydrogens (tertiary/aromatic N) is 3. The van der Waals surface area contributed by atoms with Crippen molar-refractivity contribution in [3.63, 3.8) is 0 Å². The van der Waals surface area contributed by atoms with Gasteiger partial charge in [-0.05, 0) is 0 Å². The first kappa shape index (κ1) is 13.2. The van der Waals surface area contributed by atoms with Gasteiger partial charge in [-0.15, -0.1) is 11.8 Å². The smallest absolute Gasteiger partial charge is 0.352 e. The molecule has 0 bridgehead atoms. The van der Waals surface area contributed by atoms with Gasteiger partial charge in [0, 0.05) is 18.2 Å². The van der Waals surface area contributed by atoms with Gasteiger partial charge in [-0.25, -0.2) is 18.6 Å². The number of rotatable bonds is 3. The van der Waals surface area contributed by atoms with E-state index in [-0.39, 0.29) is 25.5 Å². The van der Waals surface area contributed by atoms with Crippen LogP contribution in [0.1, 0.15) is 6.42 Å². The summed E-state index contributed by atoms with van der Waals surface area (Å²) in [5.41, 5.74) is 4.51. The summed E-state index contributed by atoms with van der Waals surface area (Å²) in [4.78, 5) is 18.4. The first-order valence-electron chi connectivity index (χ1n) is 5.25. The third-order valence-corrected chi connectivity index (χ3v) is 4.20. The zero-order valence-electron chi connectivity index (χ0n) is 9.29. The van der Waals surface area contributed by atoms with E-state index in [1.54, 1.807) is 0 Å². The van der Waals surface area contributed by atoms with Crippen molar-refractivity contribution < 1.29 is 13.9 Å². The highest BCUT2D eigenvalue weighted by Crippen LogP contribution is 2.45. The highest BCUT2D eigenvalue weighted by Gasteiger charge is 2.49. The number of anilines is 1. The van der Waals surface area contributed by atoms with Crippen molar-refractivity contribution >= 4 is 17.7 Å². The summed E-state index contributed by atoms with van der Waals surface area (Å²) >= 11 is 0.979. The third-order valence-electron chi connectivity index (χ3n) is 2.68. The molecule has 9 heteroatoms. The summed E-state index contributed by atoms with van der Waals surface area (Å²) in [6.45, 7) is -0.503. The Bertz CT molecular complexity index is 496. The van der Waals surface area contributed by atoms with Crippen LogP contribution in [-0.4, -0.2) is 42.7 Å². The minimum Gasteiger partial charge on any atom is -0.395 e. The lowest BCUT2D eigenvalue weighted by atomic mass is 10.1. The van der Waals surface area contributed by atoms with Crippen molar-refractivity contribution in [3.8, 4) is 0 Å². The van der Waals surface area contributed by atoms with Crippen LogP contribution in [0.3, 0.4) is 0 Å². The van der Waals surface area contributed by atoms with Crippen LogP contribution in [0.2, 0.25) is 0 Å². The lowest BCUT2D eigenvalue weighted by Gasteiger charge is -2.18. The van der Waals surface area contributed by atoms with E-state index in [9.17, 15) is 13.6 Å². The van der Waals surface area contributed by atoms with Crippen LogP contribution < -0.4 is 11.4 Å². The Morgan fingerprint density at radius 3 is 2.94 bits per heavy atom. The molecule has 0 unspecified atom stereocenters. The van der Waals surface area contributed by atoms with Crippen molar-refractivity contribution in [2.45, 2.75) is 29.4 Å². The number of alkyl halides is 2. The second kappa shape index (κ2) is 4.81. The van der Waals surface area contributed by atoms with Crippen LogP contribution in [0.25, 0.3) is 0 Å². The highest BCUT2D eigenvalue weighted by atomic mass is 32.2. The van der Waals surface area contributed by atoms with Gasteiger partial charge in [0.15, 0.2) is 0 Å². The molecular formula is C9H12F2N4O2S. The van der Waals surface area contributed by atoms with E-state index in [2.05, 4.69) is 9.97 Å². The normalized spacial score (nSPS) is 26.4. The average molecular weight is 278 g/mol. The van der Waals surface area contributed by atoms with Gasteiger partial charge in [-0.1, -0.05) is 0 Å². The average Bonchev–Trinajstić information content (AvgIpc) is 2.58. The van der Waals surface area contributed by atoms with Gasteiger partial charge in [-0.3, -0.25) is 4.57 Å². The van der Waals surface area contributed by atoms with E-state index in [1.807, 2.05) is 0 Å². The van der Waals surface area contributed by atoms with Gasteiger partial charge >= 0.3 is 5.69 Å². The van der Waals surface area contributed by atoms with E-state index in [0.717, 1.165) is 22.7 Å². The molecule has 0 radical (unpaired) electrons. The zero-order chi connectivity index (χ0) is 13.3. The molecule has 2 atom stereocenters. The first-order valence-corrected chi connectivity index (χ1v) is 6.20. The summed E-state index contributed by atoms with van der Waals surface area (Å²) in [5.74, 6) is -3.10. The summed E-state index contributed by atoms with van der Waals surface area (Å²) < 4.78 is 28.3. The number of nitrogen functional groups attached to an aromatic ring is 1. The van der Waals surface area contributed by atoms with Crippen LogP contribution in [0.5, 0.6) is 0 Å². The van der Waals surface area contributed by atoms with E-state index < -0.39 is 22.1 Å². The number of aliphatic hydroxyl groups is 1. The Balaban J connectivity index is 2.16. The number of nitrogens with two attached hydrogens (primary N) is 1. The molecule has 0 aliphatic carbocycles. The molecule has 18 heavy (non-hydrogen) atoms. The molecule has 3 N–H and O–H groups in total. The standard InChI is InChI=1S/C9H12F2N4O2S/c10-9(11)1-5(3-16)18-6(9)2-15-4-13-7(12)14-8(15)17/h4-6,16H,1-3H2,(H2,12,14,17)/t5-,6-/m0/s1. The lowest BCUT2D eigenvalue weighted by Crippen LogP contribution is -2.35. The number of halogens is 2. The molecule has 100 valence electrons. The van der Waals surface area contributed by atoms with E-state index in [1.165, 1.54) is 0 Å². The number of hydrogen-bond acceptors (Lipinski definition) is 6. The van der Waals surface area contributed by atoms with E-state index >= 15 is 0 Å². The fourth-order valence-corrected chi connectivity index (χ4v) is 3.18. The lowest BCUT2D eigenvalue weighted by molar-refractivity contribution is -0.00740. The van der Waals surface area contributed by atoms with Gasteiger partial charge in [-0.2, -0.15) is 4.98 Å². The number of aromatic nitrogens is 3. The zero-order valence-corrected chi connectivity index (χ0v) is 10.1. The summed E-state index contributed by atoms with van der Waals surface area (Å²) in [7, 11) is 0. The summed E-state index contributed by atoms with van der Waals surface area (Å²) in [6.07, 6.45) is 0.719. The molecule has 0 spiro atoms. The predicted molar refractivity (Wildman–Crippen MR) is 62.5 cm³/mol. The largest absolute Gasteiger partial charge is 0.395 e. The van der Waals surface area contributed by atoms with E-state index in [4.69, 9.17) is 10.8 Å². The fourth-order valence-electron chi connectivity index (χ4n) is 1.77. The van der Waals surface area contributed by atoms with Gasteiger partial charge in [0.1, 0.15) is 6.33 Å². The second-order valence-corrected chi connectivity index (χ2v) is 5.55. The van der Waals surface area contributed by atoms with Crippen LogP contribution in [-0.2, 0) is 6.54 Å².